The van der Waals surface area contributed by atoms with Crippen LogP contribution in [0.25, 0.3) is 0 Å². The first-order valence-electron chi connectivity index (χ1n) is 10.4. The van der Waals surface area contributed by atoms with Gasteiger partial charge in [-0.15, -0.1) is 0 Å². The summed E-state index contributed by atoms with van der Waals surface area (Å²) in [6.45, 7) is 3.30. The number of benzene rings is 3. The van der Waals surface area contributed by atoms with Gasteiger partial charge in [0.05, 0.1) is 30.8 Å². The van der Waals surface area contributed by atoms with Gasteiger partial charge in [-0.25, -0.2) is 8.42 Å². The third kappa shape index (κ3) is 5.64. The maximum atomic E-state index is 13.5. The summed E-state index contributed by atoms with van der Waals surface area (Å²) in [7, 11) is -0.951. The van der Waals surface area contributed by atoms with Crippen molar-refractivity contribution in [2.24, 2.45) is 0 Å². The van der Waals surface area contributed by atoms with Crippen LogP contribution in [0, 0.1) is 6.92 Å². The normalized spacial score (nSPS) is 12.0. The quantitative estimate of drug-likeness (QED) is 0.511. The molecule has 0 saturated heterocycles. The van der Waals surface area contributed by atoms with Gasteiger partial charge in [0.2, 0.25) is 5.91 Å². The van der Waals surface area contributed by atoms with Crippen LogP contribution >= 0.6 is 0 Å². The SMILES string of the molecule is COc1cccc(N(CC(=O)NC(C)c2ccccc2OC)S(=O)(=O)c2ccc(C)cc2)c1. The monoisotopic (exact) mass is 468 g/mol. The molecule has 0 radical (unpaired) electrons. The zero-order valence-corrected chi connectivity index (χ0v) is 19.9. The molecule has 0 heterocycles. The van der Waals surface area contributed by atoms with Crippen LogP contribution in [-0.2, 0) is 14.8 Å². The molecular weight excluding hydrogens is 440 g/mol. The molecular formula is C25H28N2O5S. The van der Waals surface area contributed by atoms with E-state index in [1.165, 1.54) is 19.2 Å². The minimum Gasteiger partial charge on any atom is -0.497 e. The van der Waals surface area contributed by atoms with E-state index in [-0.39, 0.29) is 10.9 Å². The highest BCUT2D eigenvalue weighted by Gasteiger charge is 2.28. The lowest BCUT2D eigenvalue weighted by Crippen LogP contribution is -2.41. The molecule has 0 aliphatic heterocycles. The Labute approximate surface area is 195 Å². The van der Waals surface area contributed by atoms with Gasteiger partial charge in [-0.3, -0.25) is 9.10 Å². The number of nitrogens with one attached hydrogen (secondary N) is 1. The average Bonchev–Trinajstić information content (AvgIpc) is 2.82. The Balaban J connectivity index is 1.92. The molecule has 1 amide bonds. The van der Waals surface area contributed by atoms with Crippen molar-refractivity contribution in [1.82, 2.24) is 5.32 Å². The first kappa shape index (κ1) is 24.1. The van der Waals surface area contributed by atoms with Crippen LogP contribution in [0.2, 0.25) is 0 Å². The molecule has 8 heteroatoms. The highest BCUT2D eigenvalue weighted by Crippen LogP contribution is 2.28. The zero-order valence-electron chi connectivity index (χ0n) is 19.1. The lowest BCUT2D eigenvalue weighted by Gasteiger charge is -2.25. The van der Waals surface area contributed by atoms with Crippen molar-refractivity contribution < 1.29 is 22.7 Å². The Hall–Kier alpha value is -3.52. The van der Waals surface area contributed by atoms with E-state index in [0.717, 1.165) is 15.4 Å². The fourth-order valence-corrected chi connectivity index (χ4v) is 4.85. The number of ether oxygens (including phenoxy) is 2. The van der Waals surface area contributed by atoms with E-state index >= 15 is 0 Å². The predicted octanol–water partition coefficient (Wildman–Crippen LogP) is 4.08. The van der Waals surface area contributed by atoms with Crippen LogP contribution in [0.4, 0.5) is 5.69 Å². The second-order valence-electron chi connectivity index (χ2n) is 7.56. The van der Waals surface area contributed by atoms with Crippen LogP contribution in [0.15, 0.2) is 77.7 Å². The molecule has 0 aliphatic rings. The Morgan fingerprint density at radius 1 is 0.970 bits per heavy atom. The van der Waals surface area contributed by atoms with Gasteiger partial charge < -0.3 is 14.8 Å². The summed E-state index contributed by atoms with van der Waals surface area (Å²) in [6.07, 6.45) is 0. The lowest BCUT2D eigenvalue weighted by atomic mass is 10.1. The molecule has 0 saturated carbocycles. The minimum atomic E-state index is -4.01. The highest BCUT2D eigenvalue weighted by molar-refractivity contribution is 7.92. The summed E-state index contributed by atoms with van der Waals surface area (Å²) >= 11 is 0. The van der Waals surface area contributed by atoms with Gasteiger partial charge in [0.15, 0.2) is 0 Å². The molecule has 0 fully saturated rings. The number of amides is 1. The highest BCUT2D eigenvalue weighted by atomic mass is 32.2. The first-order chi connectivity index (χ1) is 15.8. The number of rotatable bonds is 9. The summed E-state index contributed by atoms with van der Waals surface area (Å²) in [5.74, 6) is 0.675. The van der Waals surface area contributed by atoms with E-state index in [1.807, 2.05) is 38.1 Å². The zero-order chi connectivity index (χ0) is 24.0. The molecule has 7 nitrogen and oxygen atoms in total. The van der Waals surface area contributed by atoms with Gasteiger partial charge in [0, 0.05) is 11.6 Å². The van der Waals surface area contributed by atoms with E-state index in [0.29, 0.717) is 17.2 Å². The summed E-state index contributed by atoms with van der Waals surface area (Å²) in [4.78, 5) is 13.1. The molecule has 0 aromatic heterocycles. The smallest absolute Gasteiger partial charge is 0.264 e. The number of hydrogen-bond acceptors (Lipinski definition) is 5. The molecule has 0 bridgehead atoms. The van der Waals surface area contributed by atoms with Crippen molar-refractivity contribution in [2.75, 3.05) is 25.1 Å². The second-order valence-corrected chi connectivity index (χ2v) is 9.42. The minimum absolute atomic E-state index is 0.0986. The maximum Gasteiger partial charge on any atom is 0.264 e. The molecule has 1 N–H and O–H groups in total. The number of aryl methyl sites for hydroxylation is 1. The maximum absolute atomic E-state index is 13.5. The predicted molar refractivity (Wildman–Crippen MR) is 128 cm³/mol. The third-order valence-electron chi connectivity index (χ3n) is 5.22. The molecule has 174 valence electrons. The van der Waals surface area contributed by atoms with Crippen molar-refractivity contribution in [3.8, 4) is 11.5 Å². The summed E-state index contributed by atoms with van der Waals surface area (Å²) in [5, 5.41) is 2.88. The second kappa shape index (κ2) is 10.4. The standard InChI is InChI=1S/C25H28N2O5S/c1-18-12-14-22(15-13-18)33(29,30)27(20-8-7-9-21(16-20)31-3)17-25(28)26-19(2)23-10-5-6-11-24(23)32-4/h5-16,19H,17H2,1-4H3,(H,26,28). The number of nitrogens with zero attached hydrogens (tertiary/aromatic N) is 1. The van der Waals surface area contributed by atoms with Crippen molar-refractivity contribution in [3.63, 3.8) is 0 Å². The topological polar surface area (TPSA) is 84.9 Å². The van der Waals surface area contributed by atoms with Crippen LogP contribution in [-0.4, -0.2) is 35.1 Å². The Kier molecular flexibility index (Phi) is 7.60. The number of carbonyl (C=O) groups is 1. The largest absolute Gasteiger partial charge is 0.497 e. The summed E-state index contributed by atoms with van der Waals surface area (Å²) in [6, 6.07) is 20.1. The molecule has 33 heavy (non-hydrogen) atoms. The summed E-state index contributed by atoms with van der Waals surface area (Å²) in [5.41, 5.74) is 2.06. The molecule has 0 spiro atoms. The van der Waals surface area contributed by atoms with E-state index in [1.54, 1.807) is 43.5 Å². The third-order valence-corrected chi connectivity index (χ3v) is 7.01. The van der Waals surface area contributed by atoms with Gasteiger partial charge in [-0.05, 0) is 44.2 Å². The fourth-order valence-electron chi connectivity index (χ4n) is 3.44. The lowest BCUT2D eigenvalue weighted by molar-refractivity contribution is -0.120. The van der Waals surface area contributed by atoms with Crippen LogP contribution < -0.4 is 19.1 Å². The number of methoxy groups -OCH3 is 2. The fraction of sp³-hybridized carbons (Fsp3) is 0.240. The molecule has 3 aromatic carbocycles. The van der Waals surface area contributed by atoms with Gasteiger partial charge >= 0.3 is 0 Å². The Bertz CT molecular complexity index is 1210. The van der Waals surface area contributed by atoms with Crippen molar-refractivity contribution in [2.45, 2.75) is 24.8 Å². The number of hydrogen-bond donors (Lipinski definition) is 1. The van der Waals surface area contributed by atoms with E-state index < -0.39 is 22.5 Å². The van der Waals surface area contributed by atoms with E-state index in [4.69, 9.17) is 9.47 Å². The van der Waals surface area contributed by atoms with E-state index in [2.05, 4.69) is 5.32 Å². The van der Waals surface area contributed by atoms with Crippen molar-refractivity contribution in [1.29, 1.82) is 0 Å². The molecule has 0 aliphatic carbocycles. The Morgan fingerprint density at radius 3 is 2.33 bits per heavy atom. The van der Waals surface area contributed by atoms with Gasteiger partial charge in [0.25, 0.3) is 10.0 Å². The van der Waals surface area contributed by atoms with Crippen LogP contribution in [0.3, 0.4) is 0 Å². The molecule has 1 unspecified atom stereocenters. The molecule has 1 atom stereocenters. The average molecular weight is 469 g/mol. The molecule has 3 aromatic rings. The number of carbonyl (C=O) groups excluding carboxylic acids is 1. The summed E-state index contributed by atoms with van der Waals surface area (Å²) < 4.78 is 38.8. The van der Waals surface area contributed by atoms with Crippen LogP contribution in [0.5, 0.6) is 11.5 Å². The first-order valence-corrected chi connectivity index (χ1v) is 11.9. The van der Waals surface area contributed by atoms with Gasteiger partial charge in [-0.2, -0.15) is 0 Å². The van der Waals surface area contributed by atoms with Crippen molar-refractivity contribution >= 4 is 21.6 Å². The number of para-hydroxylation sites is 1. The van der Waals surface area contributed by atoms with Crippen molar-refractivity contribution in [3.05, 3.63) is 83.9 Å². The van der Waals surface area contributed by atoms with Gasteiger partial charge in [-0.1, -0.05) is 42.0 Å². The van der Waals surface area contributed by atoms with E-state index in [9.17, 15) is 13.2 Å². The van der Waals surface area contributed by atoms with Crippen LogP contribution in [0.1, 0.15) is 24.1 Å². The Morgan fingerprint density at radius 2 is 1.67 bits per heavy atom. The number of sulfonamides is 1. The number of anilines is 1. The molecule has 3 rings (SSSR count). The van der Waals surface area contributed by atoms with Gasteiger partial charge in [0.1, 0.15) is 18.0 Å².